The summed E-state index contributed by atoms with van der Waals surface area (Å²) in [5.74, 6) is 0.100. The van der Waals surface area contributed by atoms with E-state index < -0.39 is 0 Å². The Balaban J connectivity index is 2.27. The number of amides is 1. The van der Waals surface area contributed by atoms with Crippen molar-refractivity contribution >= 4 is 21.8 Å². The van der Waals surface area contributed by atoms with Crippen LogP contribution in [0.3, 0.4) is 0 Å². The lowest BCUT2D eigenvalue weighted by atomic mass is 10.1. The van der Waals surface area contributed by atoms with Crippen molar-refractivity contribution in [1.29, 1.82) is 0 Å². The number of benzene rings is 1. The van der Waals surface area contributed by atoms with Crippen LogP contribution < -0.4 is 10.6 Å². The average molecular weight is 299 g/mol. The lowest BCUT2D eigenvalue weighted by molar-refractivity contribution is -0.120. The molecule has 17 heavy (non-hydrogen) atoms. The Bertz CT molecular complexity index is 351. The van der Waals surface area contributed by atoms with E-state index in [1.54, 1.807) is 7.05 Å². The molecule has 0 spiro atoms. The van der Waals surface area contributed by atoms with Gasteiger partial charge in [0.05, 0.1) is 0 Å². The molecule has 0 saturated carbocycles. The molecule has 0 unspecified atom stereocenters. The maximum atomic E-state index is 11.0. The molecule has 0 aliphatic rings. The van der Waals surface area contributed by atoms with Crippen LogP contribution in [0.2, 0.25) is 0 Å². The molecule has 4 heteroatoms. The summed E-state index contributed by atoms with van der Waals surface area (Å²) in [6, 6.07) is 8.59. The molecule has 1 aromatic rings. The molecule has 1 rings (SSSR count). The van der Waals surface area contributed by atoms with E-state index in [4.69, 9.17) is 0 Å². The number of nitrogens with one attached hydrogen (secondary N) is 2. The van der Waals surface area contributed by atoms with E-state index in [1.807, 2.05) is 12.1 Å². The number of carbonyl (C=O) groups is 1. The van der Waals surface area contributed by atoms with Crippen LogP contribution in [-0.4, -0.2) is 19.5 Å². The summed E-state index contributed by atoms with van der Waals surface area (Å²) in [5, 5.41) is 6.02. The molecular weight excluding hydrogens is 280 g/mol. The van der Waals surface area contributed by atoms with Gasteiger partial charge in [0.15, 0.2) is 0 Å². The molecule has 0 radical (unpaired) electrons. The van der Waals surface area contributed by atoms with E-state index in [0.29, 0.717) is 12.5 Å². The Labute approximate surface area is 111 Å². The minimum atomic E-state index is 0.100. The van der Waals surface area contributed by atoms with E-state index in [0.717, 1.165) is 17.4 Å². The van der Waals surface area contributed by atoms with Gasteiger partial charge in [-0.05, 0) is 37.6 Å². The van der Waals surface area contributed by atoms with Crippen molar-refractivity contribution in [2.24, 2.45) is 0 Å². The van der Waals surface area contributed by atoms with Crippen molar-refractivity contribution in [2.45, 2.75) is 25.8 Å². The van der Waals surface area contributed by atoms with E-state index in [-0.39, 0.29) is 5.91 Å². The molecule has 0 fully saturated rings. The van der Waals surface area contributed by atoms with Crippen LogP contribution in [0.5, 0.6) is 0 Å². The van der Waals surface area contributed by atoms with Crippen LogP contribution in [0.4, 0.5) is 0 Å². The van der Waals surface area contributed by atoms with Crippen LogP contribution in [0.1, 0.15) is 31.4 Å². The zero-order valence-electron chi connectivity index (χ0n) is 10.3. The molecule has 0 aromatic heterocycles. The monoisotopic (exact) mass is 298 g/mol. The van der Waals surface area contributed by atoms with Crippen LogP contribution >= 0.6 is 15.9 Å². The van der Waals surface area contributed by atoms with Crippen LogP contribution in [0.25, 0.3) is 0 Å². The second-order valence-electron chi connectivity index (χ2n) is 4.00. The second-order valence-corrected chi connectivity index (χ2v) is 4.92. The molecule has 2 N–H and O–H groups in total. The van der Waals surface area contributed by atoms with Crippen LogP contribution in [-0.2, 0) is 4.79 Å². The van der Waals surface area contributed by atoms with Crippen LogP contribution in [0, 0.1) is 0 Å². The molecule has 94 valence electrons. The smallest absolute Gasteiger partial charge is 0.219 e. The van der Waals surface area contributed by atoms with Gasteiger partial charge in [0, 0.05) is 24.0 Å². The highest BCUT2D eigenvalue weighted by molar-refractivity contribution is 9.10. The highest BCUT2D eigenvalue weighted by Gasteiger charge is 2.04. The van der Waals surface area contributed by atoms with Gasteiger partial charge in [0.25, 0.3) is 0 Å². The van der Waals surface area contributed by atoms with E-state index in [2.05, 4.69) is 45.6 Å². The zero-order valence-corrected chi connectivity index (χ0v) is 11.9. The fourth-order valence-electron chi connectivity index (χ4n) is 1.56. The van der Waals surface area contributed by atoms with Crippen molar-refractivity contribution in [2.75, 3.05) is 13.6 Å². The van der Waals surface area contributed by atoms with Gasteiger partial charge in [-0.15, -0.1) is 0 Å². The molecule has 0 aliphatic carbocycles. The first-order valence-corrected chi connectivity index (χ1v) is 6.62. The van der Waals surface area contributed by atoms with Gasteiger partial charge in [-0.1, -0.05) is 28.1 Å². The number of halogens is 1. The summed E-state index contributed by atoms with van der Waals surface area (Å²) in [6.07, 6.45) is 1.44. The molecule has 0 aliphatic heterocycles. The molecule has 0 heterocycles. The molecular formula is C13H19BrN2O. The third-order valence-corrected chi connectivity index (χ3v) is 3.21. The third-order valence-electron chi connectivity index (χ3n) is 2.68. The maximum Gasteiger partial charge on any atom is 0.219 e. The van der Waals surface area contributed by atoms with Gasteiger partial charge in [0.1, 0.15) is 0 Å². The van der Waals surface area contributed by atoms with Crippen LogP contribution in [0.15, 0.2) is 28.7 Å². The highest BCUT2D eigenvalue weighted by Crippen LogP contribution is 2.16. The Morgan fingerprint density at radius 1 is 1.35 bits per heavy atom. The summed E-state index contributed by atoms with van der Waals surface area (Å²) in [6.45, 7) is 2.98. The summed E-state index contributed by atoms with van der Waals surface area (Å²) in [4.78, 5) is 11.0. The third kappa shape index (κ3) is 5.33. The number of hydrogen-bond donors (Lipinski definition) is 2. The Morgan fingerprint density at radius 2 is 2.00 bits per heavy atom. The van der Waals surface area contributed by atoms with E-state index in [1.165, 1.54) is 5.56 Å². The zero-order chi connectivity index (χ0) is 12.7. The predicted octanol–water partition coefficient (Wildman–Crippen LogP) is 2.63. The van der Waals surface area contributed by atoms with Crippen molar-refractivity contribution in [3.05, 3.63) is 34.3 Å². The molecule has 0 saturated heterocycles. The SMILES string of the molecule is CNC(=O)CCCN[C@H](C)c1ccc(Br)cc1. The maximum absolute atomic E-state index is 11.0. The molecule has 1 amide bonds. The fourth-order valence-corrected chi connectivity index (χ4v) is 1.83. The summed E-state index contributed by atoms with van der Waals surface area (Å²) >= 11 is 3.42. The lowest BCUT2D eigenvalue weighted by Gasteiger charge is -2.14. The molecule has 1 aromatic carbocycles. The fraction of sp³-hybridized carbons (Fsp3) is 0.462. The van der Waals surface area contributed by atoms with Gasteiger partial charge < -0.3 is 10.6 Å². The largest absolute Gasteiger partial charge is 0.359 e. The average Bonchev–Trinajstić information content (AvgIpc) is 2.34. The summed E-state index contributed by atoms with van der Waals surface area (Å²) in [7, 11) is 1.67. The molecule has 1 atom stereocenters. The number of rotatable bonds is 6. The van der Waals surface area contributed by atoms with Gasteiger partial charge in [-0.3, -0.25) is 4.79 Å². The van der Waals surface area contributed by atoms with Crippen molar-refractivity contribution in [3.8, 4) is 0 Å². The van der Waals surface area contributed by atoms with Crippen molar-refractivity contribution < 1.29 is 4.79 Å². The van der Waals surface area contributed by atoms with Gasteiger partial charge in [-0.25, -0.2) is 0 Å². The van der Waals surface area contributed by atoms with E-state index >= 15 is 0 Å². The normalized spacial score (nSPS) is 12.2. The number of carbonyl (C=O) groups excluding carboxylic acids is 1. The topological polar surface area (TPSA) is 41.1 Å². The van der Waals surface area contributed by atoms with Crippen molar-refractivity contribution in [3.63, 3.8) is 0 Å². The van der Waals surface area contributed by atoms with Gasteiger partial charge in [0.2, 0.25) is 5.91 Å². The summed E-state index contributed by atoms with van der Waals surface area (Å²) in [5.41, 5.74) is 1.26. The van der Waals surface area contributed by atoms with Gasteiger partial charge in [-0.2, -0.15) is 0 Å². The second kappa shape index (κ2) is 7.45. The molecule has 3 nitrogen and oxygen atoms in total. The van der Waals surface area contributed by atoms with Gasteiger partial charge >= 0.3 is 0 Å². The standard InChI is InChI=1S/C13H19BrN2O/c1-10(11-5-7-12(14)8-6-11)16-9-3-4-13(17)15-2/h5-8,10,16H,3-4,9H2,1-2H3,(H,15,17)/t10-/m1/s1. The first-order valence-electron chi connectivity index (χ1n) is 5.83. The quantitative estimate of drug-likeness (QED) is 0.793. The summed E-state index contributed by atoms with van der Waals surface area (Å²) < 4.78 is 1.09. The number of hydrogen-bond acceptors (Lipinski definition) is 2. The minimum absolute atomic E-state index is 0.100. The minimum Gasteiger partial charge on any atom is -0.359 e. The Hall–Kier alpha value is -0.870. The first-order chi connectivity index (χ1) is 8.13. The Morgan fingerprint density at radius 3 is 2.59 bits per heavy atom. The van der Waals surface area contributed by atoms with Crippen molar-refractivity contribution in [1.82, 2.24) is 10.6 Å². The molecule has 0 bridgehead atoms. The highest BCUT2D eigenvalue weighted by atomic mass is 79.9. The van der Waals surface area contributed by atoms with E-state index in [9.17, 15) is 4.79 Å². The lowest BCUT2D eigenvalue weighted by Crippen LogP contribution is -2.23. The predicted molar refractivity (Wildman–Crippen MR) is 73.9 cm³/mol. The first kappa shape index (κ1) is 14.2. The Kier molecular flexibility index (Phi) is 6.22.